The molecule has 2 rings (SSSR count). The van der Waals surface area contributed by atoms with Crippen molar-refractivity contribution >= 4 is 11.8 Å². The molecule has 1 saturated carbocycles. The lowest BCUT2D eigenvalue weighted by atomic mass is 9.89. The van der Waals surface area contributed by atoms with Crippen LogP contribution in [0.2, 0.25) is 0 Å². The summed E-state index contributed by atoms with van der Waals surface area (Å²) in [6.45, 7) is 6.73. The standard InChI is InChI=1S/C17H27NS/c1-14-8-9-17(12-15(14)2)19-11-10-18-13-16-6-4-3-5-7-16/h8-9,12,16,18H,3-7,10-11,13H2,1-2H3. The molecule has 0 saturated heterocycles. The maximum Gasteiger partial charge on any atom is 0.0106 e. The number of hydrogen-bond donors (Lipinski definition) is 1. The van der Waals surface area contributed by atoms with E-state index in [9.17, 15) is 0 Å². The fraction of sp³-hybridized carbons (Fsp3) is 0.647. The second-order valence-electron chi connectivity index (χ2n) is 5.80. The van der Waals surface area contributed by atoms with Gasteiger partial charge in [-0.2, -0.15) is 0 Å². The summed E-state index contributed by atoms with van der Waals surface area (Å²) in [6, 6.07) is 6.78. The predicted molar refractivity (Wildman–Crippen MR) is 86.1 cm³/mol. The second kappa shape index (κ2) is 7.96. The first-order valence-corrected chi connectivity index (χ1v) is 8.65. The predicted octanol–water partition coefficient (Wildman–Crippen LogP) is 4.57. The van der Waals surface area contributed by atoms with E-state index in [2.05, 4.69) is 37.4 Å². The van der Waals surface area contributed by atoms with E-state index in [0.29, 0.717) is 0 Å². The van der Waals surface area contributed by atoms with Gasteiger partial charge in [0.1, 0.15) is 0 Å². The Labute approximate surface area is 122 Å². The van der Waals surface area contributed by atoms with E-state index in [1.54, 1.807) is 0 Å². The molecule has 1 fully saturated rings. The molecule has 1 aliphatic rings. The molecule has 19 heavy (non-hydrogen) atoms. The van der Waals surface area contributed by atoms with Crippen molar-refractivity contribution in [1.29, 1.82) is 0 Å². The molecular weight excluding hydrogens is 250 g/mol. The Morgan fingerprint density at radius 2 is 1.89 bits per heavy atom. The van der Waals surface area contributed by atoms with E-state index in [0.717, 1.165) is 12.5 Å². The summed E-state index contributed by atoms with van der Waals surface area (Å²) >= 11 is 1.97. The van der Waals surface area contributed by atoms with Crippen LogP contribution in [0.5, 0.6) is 0 Å². The van der Waals surface area contributed by atoms with Gasteiger partial charge >= 0.3 is 0 Å². The van der Waals surface area contributed by atoms with Gasteiger partial charge in [0.05, 0.1) is 0 Å². The van der Waals surface area contributed by atoms with Gasteiger partial charge in [-0.3, -0.25) is 0 Å². The zero-order chi connectivity index (χ0) is 13.5. The summed E-state index contributed by atoms with van der Waals surface area (Å²) in [5.41, 5.74) is 2.79. The van der Waals surface area contributed by atoms with Crippen LogP contribution in [0.1, 0.15) is 43.2 Å². The largest absolute Gasteiger partial charge is 0.316 e. The summed E-state index contributed by atoms with van der Waals surface area (Å²) in [6.07, 6.45) is 7.24. The third kappa shape index (κ3) is 5.19. The number of benzene rings is 1. The first kappa shape index (κ1) is 14.9. The SMILES string of the molecule is Cc1ccc(SCCNCC2CCCCC2)cc1C. The minimum Gasteiger partial charge on any atom is -0.316 e. The van der Waals surface area contributed by atoms with E-state index in [1.807, 2.05) is 11.8 Å². The highest BCUT2D eigenvalue weighted by Crippen LogP contribution is 2.23. The first-order valence-electron chi connectivity index (χ1n) is 7.66. The molecule has 0 unspecified atom stereocenters. The minimum atomic E-state index is 0.945. The molecule has 1 nitrogen and oxygen atoms in total. The number of nitrogens with one attached hydrogen (secondary N) is 1. The van der Waals surface area contributed by atoms with Crippen LogP contribution in [0.25, 0.3) is 0 Å². The zero-order valence-corrected chi connectivity index (χ0v) is 13.2. The molecule has 1 N–H and O–H groups in total. The third-order valence-corrected chi connectivity index (χ3v) is 5.18. The molecule has 2 heteroatoms. The van der Waals surface area contributed by atoms with Crippen LogP contribution >= 0.6 is 11.8 Å². The molecular formula is C17H27NS. The average molecular weight is 277 g/mol. The molecule has 0 atom stereocenters. The molecule has 0 aromatic heterocycles. The Hall–Kier alpha value is -0.470. The smallest absolute Gasteiger partial charge is 0.0106 e. The summed E-state index contributed by atoms with van der Waals surface area (Å²) in [5, 5.41) is 3.63. The van der Waals surface area contributed by atoms with Crippen molar-refractivity contribution in [1.82, 2.24) is 5.32 Å². The third-order valence-electron chi connectivity index (χ3n) is 4.18. The van der Waals surface area contributed by atoms with E-state index >= 15 is 0 Å². The number of rotatable bonds is 6. The quantitative estimate of drug-likeness (QED) is 0.604. The Morgan fingerprint density at radius 1 is 1.11 bits per heavy atom. The van der Waals surface area contributed by atoms with Crippen LogP contribution in [0.3, 0.4) is 0 Å². The van der Waals surface area contributed by atoms with Crippen LogP contribution in [-0.2, 0) is 0 Å². The summed E-state index contributed by atoms with van der Waals surface area (Å²) in [7, 11) is 0. The topological polar surface area (TPSA) is 12.0 Å². The van der Waals surface area contributed by atoms with Gasteiger partial charge in [0, 0.05) is 17.2 Å². The number of hydrogen-bond acceptors (Lipinski definition) is 2. The van der Waals surface area contributed by atoms with Gasteiger partial charge in [0.15, 0.2) is 0 Å². The molecule has 1 aromatic carbocycles. The van der Waals surface area contributed by atoms with Crippen molar-refractivity contribution in [2.75, 3.05) is 18.8 Å². The maximum atomic E-state index is 3.63. The maximum absolute atomic E-state index is 3.63. The highest BCUT2D eigenvalue weighted by molar-refractivity contribution is 7.99. The Morgan fingerprint density at radius 3 is 2.63 bits per heavy atom. The van der Waals surface area contributed by atoms with Gasteiger partial charge in [-0.25, -0.2) is 0 Å². The van der Waals surface area contributed by atoms with Crippen molar-refractivity contribution in [2.45, 2.75) is 50.8 Å². The molecule has 0 spiro atoms. The van der Waals surface area contributed by atoms with Gasteiger partial charge < -0.3 is 5.32 Å². The lowest BCUT2D eigenvalue weighted by Gasteiger charge is -2.21. The summed E-state index contributed by atoms with van der Waals surface area (Å²) in [5.74, 6) is 2.12. The Bertz CT molecular complexity index is 383. The zero-order valence-electron chi connectivity index (χ0n) is 12.4. The van der Waals surface area contributed by atoms with Crippen LogP contribution in [0.15, 0.2) is 23.1 Å². The van der Waals surface area contributed by atoms with Crippen molar-refractivity contribution in [2.24, 2.45) is 5.92 Å². The summed E-state index contributed by atoms with van der Waals surface area (Å²) < 4.78 is 0. The van der Waals surface area contributed by atoms with E-state index in [1.165, 1.54) is 60.4 Å². The lowest BCUT2D eigenvalue weighted by Crippen LogP contribution is -2.26. The highest BCUT2D eigenvalue weighted by Gasteiger charge is 2.12. The Balaban J connectivity index is 1.59. The second-order valence-corrected chi connectivity index (χ2v) is 6.97. The summed E-state index contributed by atoms with van der Waals surface area (Å²) in [4.78, 5) is 1.41. The van der Waals surface area contributed by atoms with Crippen molar-refractivity contribution in [3.8, 4) is 0 Å². The van der Waals surface area contributed by atoms with Gasteiger partial charge in [0.2, 0.25) is 0 Å². The molecule has 0 aliphatic heterocycles. The molecule has 0 amide bonds. The van der Waals surface area contributed by atoms with Crippen molar-refractivity contribution in [3.05, 3.63) is 29.3 Å². The van der Waals surface area contributed by atoms with E-state index in [-0.39, 0.29) is 0 Å². The Kier molecular flexibility index (Phi) is 6.25. The van der Waals surface area contributed by atoms with E-state index in [4.69, 9.17) is 0 Å². The molecule has 1 aromatic rings. The van der Waals surface area contributed by atoms with Crippen LogP contribution in [0, 0.1) is 19.8 Å². The van der Waals surface area contributed by atoms with Crippen LogP contribution in [0.4, 0.5) is 0 Å². The van der Waals surface area contributed by atoms with Crippen molar-refractivity contribution < 1.29 is 0 Å². The van der Waals surface area contributed by atoms with Gasteiger partial charge in [-0.05, 0) is 62.4 Å². The minimum absolute atomic E-state index is 0.945. The van der Waals surface area contributed by atoms with Gasteiger partial charge in [-0.1, -0.05) is 25.3 Å². The van der Waals surface area contributed by atoms with E-state index < -0.39 is 0 Å². The number of aryl methyl sites for hydroxylation is 2. The molecule has 0 radical (unpaired) electrons. The van der Waals surface area contributed by atoms with Crippen LogP contribution < -0.4 is 5.32 Å². The van der Waals surface area contributed by atoms with Crippen LogP contribution in [-0.4, -0.2) is 18.8 Å². The molecule has 0 heterocycles. The van der Waals surface area contributed by atoms with Gasteiger partial charge in [-0.15, -0.1) is 11.8 Å². The number of thioether (sulfide) groups is 1. The monoisotopic (exact) mass is 277 g/mol. The molecule has 106 valence electrons. The highest BCUT2D eigenvalue weighted by atomic mass is 32.2. The average Bonchev–Trinajstić information content (AvgIpc) is 2.43. The fourth-order valence-corrected chi connectivity index (χ4v) is 3.65. The normalized spacial score (nSPS) is 16.7. The van der Waals surface area contributed by atoms with Crippen molar-refractivity contribution in [3.63, 3.8) is 0 Å². The molecule has 0 bridgehead atoms. The van der Waals surface area contributed by atoms with Gasteiger partial charge in [0.25, 0.3) is 0 Å². The molecule has 1 aliphatic carbocycles. The lowest BCUT2D eigenvalue weighted by molar-refractivity contribution is 0.345. The fourth-order valence-electron chi connectivity index (χ4n) is 2.74. The first-order chi connectivity index (χ1) is 9.25.